The van der Waals surface area contributed by atoms with E-state index in [1.54, 1.807) is 0 Å². The van der Waals surface area contributed by atoms with Crippen molar-refractivity contribution >= 4 is 0 Å². The number of hydrogen-bond donors (Lipinski definition) is 1. The maximum Gasteiger partial charge on any atom is 0.00683 e. The van der Waals surface area contributed by atoms with Gasteiger partial charge in [0.15, 0.2) is 0 Å². The van der Waals surface area contributed by atoms with E-state index in [0.717, 1.165) is 12.0 Å². The molecule has 1 N–H and O–H groups in total. The van der Waals surface area contributed by atoms with Crippen molar-refractivity contribution in [1.82, 2.24) is 5.32 Å². The third-order valence-electron chi connectivity index (χ3n) is 6.55. The van der Waals surface area contributed by atoms with Crippen molar-refractivity contribution in [2.45, 2.75) is 72.3 Å². The SMILES string of the molecule is CC1(C)CCCCC12C(CNC1CC1)C2(C)C. The fourth-order valence-corrected chi connectivity index (χ4v) is 5.34. The number of hydrogen-bond acceptors (Lipinski definition) is 1. The maximum atomic E-state index is 3.78. The van der Waals surface area contributed by atoms with Gasteiger partial charge < -0.3 is 5.32 Å². The third-order valence-corrected chi connectivity index (χ3v) is 6.55. The molecule has 3 fully saturated rings. The molecule has 3 rings (SSSR count). The van der Waals surface area contributed by atoms with E-state index in [4.69, 9.17) is 0 Å². The van der Waals surface area contributed by atoms with Gasteiger partial charge in [0.25, 0.3) is 0 Å². The number of rotatable bonds is 3. The molecule has 0 bridgehead atoms. The largest absolute Gasteiger partial charge is 0.314 e. The Kier molecular flexibility index (Phi) is 2.47. The molecule has 0 amide bonds. The lowest BCUT2D eigenvalue weighted by Crippen LogP contribution is -2.35. The van der Waals surface area contributed by atoms with Crippen LogP contribution >= 0.6 is 0 Å². The van der Waals surface area contributed by atoms with Crippen molar-refractivity contribution in [3.05, 3.63) is 0 Å². The van der Waals surface area contributed by atoms with Gasteiger partial charge in [-0.25, -0.2) is 0 Å². The Morgan fingerprint density at radius 1 is 1.00 bits per heavy atom. The second-order valence-electron chi connectivity index (χ2n) is 8.02. The van der Waals surface area contributed by atoms with Crippen molar-refractivity contribution in [3.8, 4) is 0 Å². The summed E-state index contributed by atoms with van der Waals surface area (Å²) in [4.78, 5) is 0. The van der Waals surface area contributed by atoms with Gasteiger partial charge in [0, 0.05) is 6.04 Å². The van der Waals surface area contributed by atoms with Gasteiger partial charge in [-0.3, -0.25) is 0 Å². The van der Waals surface area contributed by atoms with Crippen molar-refractivity contribution < 1.29 is 0 Å². The molecule has 2 unspecified atom stereocenters. The van der Waals surface area contributed by atoms with E-state index in [2.05, 4.69) is 33.0 Å². The highest BCUT2D eigenvalue weighted by Crippen LogP contribution is 2.80. The Hall–Kier alpha value is -0.0400. The lowest BCUT2D eigenvalue weighted by molar-refractivity contribution is 0.0717. The molecule has 1 nitrogen and oxygen atoms in total. The predicted octanol–water partition coefficient (Wildman–Crippen LogP) is 3.98. The van der Waals surface area contributed by atoms with Crippen molar-refractivity contribution in [1.29, 1.82) is 0 Å². The molecule has 98 valence electrons. The van der Waals surface area contributed by atoms with Gasteiger partial charge in [-0.2, -0.15) is 0 Å². The molecule has 0 saturated heterocycles. The van der Waals surface area contributed by atoms with Gasteiger partial charge in [0.2, 0.25) is 0 Å². The van der Waals surface area contributed by atoms with Crippen LogP contribution in [0.5, 0.6) is 0 Å². The van der Waals surface area contributed by atoms with Crippen LogP contribution in [0.4, 0.5) is 0 Å². The average molecular weight is 235 g/mol. The highest BCUT2D eigenvalue weighted by atomic mass is 15.0. The van der Waals surface area contributed by atoms with E-state index >= 15 is 0 Å². The lowest BCUT2D eigenvalue weighted by atomic mass is 9.62. The van der Waals surface area contributed by atoms with Crippen LogP contribution in [0.1, 0.15) is 66.2 Å². The van der Waals surface area contributed by atoms with Crippen LogP contribution in [0.15, 0.2) is 0 Å². The summed E-state index contributed by atoms with van der Waals surface area (Å²) in [6.45, 7) is 11.4. The first-order valence-corrected chi connectivity index (χ1v) is 7.65. The Morgan fingerprint density at radius 3 is 2.24 bits per heavy atom. The summed E-state index contributed by atoms with van der Waals surface area (Å²) < 4.78 is 0. The van der Waals surface area contributed by atoms with Crippen LogP contribution in [-0.2, 0) is 0 Å². The Labute approximate surface area is 107 Å². The molecule has 3 aliphatic carbocycles. The highest BCUT2D eigenvalue weighted by Gasteiger charge is 2.75. The molecule has 3 saturated carbocycles. The maximum absolute atomic E-state index is 3.78. The normalized spacial score (nSPS) is 42.7. The molecular formula is C16H29N. The van der Waals surface area contributed by atoms with Crippen LogP contribution in [0.2, 0.25) is 0 Å². The highest BCUT2D eigenvalue weighted by molar-refractivity contribution is 5.23. The molecule has 1 spiro atoms. The molecule has 2 atom stereocenters. The summed E-state index contributed by atoms with van der Waals surface area (Å²) in [5.74, 6) is 0.922. The minimum absolute atomic E-state index is 0.560. The number of nitrogens with one attached hydrogen (secondary N) is 1. The molecule has 3 aliphatic rings. The molecule has 0 aromatic carbocycles. The first-order chi connectivity index (χ1) is 7.92. The first kappa shape index (κ1) is 12.0. The summed E-state index contributed by atoms with van der Waals surface area (Å²) in [5.41, 5.74) is 1.77. The van der Waals surface area contributed by atoms with Crippen LogP contribution in [0, 0.1) is 22.2 Å². The monoisotopic (exact) mass is 235 g/mol. The predicted molar refractivity (Wildman–Crippen MR) is 73.0 cm³/mol. The molecule has 0 aliphatic heterocycles. The molecule has 0 aromatic heterocycles. The van der Waals surface area contributed by atoms with Crippen LogP contribution < -0.4 is 5.32 Å². The summed E-state index contributed by atoms with van der Waals surface area (Å²) in [6, 6.07) is 0.871. The first-order valence-electron chi connectivity index (χ1n) is 7.65. The van der Waals surface area contributed by atoms with Crippen molar-refractivity contribution in [2.75, 3.05) is 6.54 Å². The Balaban J connectivity index is 1.75. The second kappa shape index (κ2) is 3.50. The van der Waals surface area contributed by atoms with Gasteiger partial charge in [0.1, 0.15) is 0 Å². The van der Waals surface area contributed by atoms with E-state index in [9.17, 15) is 0 Å². The summed E-state index contributed by atoms with van der Waals surface area (Å²) in [6.07, 6.45) is 8.67. The zero-order chi connectivity index (χ0) is 12.3. The minimum atomic E-state index is 0.560. The smallest absolute Gasteiger partial charge is 0.00683 e. The van der Waals surface area contributed by atoms with E-state index in [1.165, 1.54) is 45.1 Å². The summed E-state index contributed by atoms with van der Waals surface area (Å²) >= 11 is 0. The quantitative estimate of drug-likeness (QED) is 0.780. The van der Waals surface area contributed by atoms with Gasteiger partial charge in [-0.05, 0) is 54.4 Å². The average Bonchev–Trinajstić information content (AvgIpc) is 3.09. The Morgan fingerprint density at radius 2 is 1.65 bits per heavy atom. The third kappa shape index (κ3) is 1.54. The molecule has 1 heteroatoms. The summed E-state index contributed by atoms with van der Waals surface area (Å²) in [7, 11) is 0. The molecule has 0 aromatic rings. The molecule has 0 heterocycles. The molecule has 17 heavy (non-hydrogen) atoms. The van der Waals surface area contributed by atoms with Gasteiger partial charge in [-0.1, -0.05) is 40.5 Å². The van der Waals surface area contributed by atoms with Crippen LogP contribution in [0.3, 0.4) is 0 Å². The standard InChI is InChI=1S/C16H29N/c1-14(2)9-5-6-10-16(14)13(15(16,3)4)11-17-12-7-8-12/h12-13,17H,5-11H2,1-4H3. The van der Waals surface area contributed by atoms with E-state index < -0.39 is 0 Å². The van der Waals surface area contributed by atoms with Crippen LogP contribution in [0.25, 0.3) is 0 Å². The van der Waals surface area contributed by atoms with Crippen molar-refractivity contribution in [3.63, 3.8) is 0 Å². The fourth-order valence-electron chi connectivity index (χ4n) is 5.34. The van der Waals surface area contributed by atoms with Gasteiger partial charge in [-0.15, -0.1) is 0 Å². The van der Waals surface area contributed by atoms with Crippen molar-refractivity contribution in [2.24, 2.45) is 22.2 Å². The zero-order valence-corrected chi connectivity index (χ0v) is 12.1. The Bertz CT molecular complexity index is 313. The lowest BCUT2D eigenvalue weighted by Gasteiger charge is -2.42. The van der Waals surface area contributed by atoms with Crippen LogP contribution in [-0.4, -0.2) is 12.6 Å². The second-order valence-corrected chi connectivity index (χ2v) is 8.02. The van der Waals surface area contributed by atoms with E-state index in [-0.39, 0.29) is 0 Å². The topological polar surface area (TPSA) is 12.0 Å². The minimum Gasteiger partial charge on any atom is -0.314 e. The fraction of sp³-hybridized carbons (Fsp3) is 1.00. The molecular weight excluding hydrogens is 206 g/mol. The van der Waals surface area contributed by atoms with E-state index in [0.29, 0.717) is 16.2 Å². The van der Waals surface area contributed by atoms with E-state index in [1.807, 2.05) is 0 Å². The van der Waals surface area contributed by atoms with Gasteiger partial charge >= 0.3 is 0 Å². The molecule has 0 radical (unpaired) electrons. The summed E-state index contributed by atoms with van der Waals surface area (Å²) in [5, 5.41) is 3.78. The van der Waals surface area contributed by atoms with Gasteiger partial charge in [0.05, 0.1) is 0 Å². The zero-order valence-electron chi connectivity index (χ0n) is 12.1.